The summed E-state index contributed by atoms with van der Waals surface area (Å²) in [5, 5.41) is 8.64. The van der Waals surface area contributed by atoms with Gasteiger partial charge in [0.25, 0.3) is 10.1 Å². The fourth-order valence-corrected chi connectivity index (χ4v) is 4.87. The molecule has 0 aliphatic carbocycles. The summed E-state index contributed by atoms with van der Waals surface area (Å²) in [6.45, 7) is 2.00. The van der Waals surface area contributed by atoms with Gasteiger partial charge in [-0.25, -0.2) is 0 Å². The second-order valence-electron chi connectivity index (χ2n) is 7.47. The van der Waals surface area contributed by atoms with Crippen molar-refractivity contribution in [3.63, 3.8) is 0 Å². The number of aliphatic carboxylic acids is 1. The molecular weight excluding hydrogens is 380 g/mol. The van der Waals surface area contributed by atoms with Crippen molar-refractivity contribution in [1.29, 1.82) is 0 Å². The van der Waals surface area contributed by atoms with E-state index in [2.05, 4.69) is 11.8 Å². The summed E-state index contributed by atoms with van der Waals surface area (Å²) in [6, 6.07) is 6.61. The molecule has 2 heterocycles. The van der Waals surface area contributed by atoms with E-state index in [-0.39, 0.29) is 42.0 Å². The van der Waals surface area contributed by atoms with E-state index in [0.29, 0.717) is 19.3 Å². The molecular formula is C21H26O6S. The highest BCUT2D eigenvalue weighted by molar-refractivity contribution is 7.86. The molecule has 6 nitrogen and oxygen atoms in total. The lowest BCUT2D eigenvalue weighted by Crippen LogP contribution is -2.31. The molecule has 0 spiro atoms. The standard InChI is InChI=1S/C21H26O6S/c1-15-8-10-16(11-9-15)28(24,25)26-14-18-17(19-12-13-20(18)27-19)6-4-2-3-5-7-21(22)23/h8-11,17-20H,3,5-7,12-14H2,1H3,(H,22,23)/t17-,18+,19+,20+/m0/s1. The summed E-state index contributed by atoms with van der Waals surface area (Å²) < 4.78 is 36.3. The van der Waals surface area contributed by atoms with Crippen LogP contribution in [0.4, 0.5) is 0 Å². The number of aryl methyl sites for hydroxylation is 1. The van der Waals surface area contributed by atoms with E-state index in [4.69, 9.17) is 14.0 Å². The van der Waals surface area contributed by atoms with Crippen LogP contribution in [0.25, 0.3) is 0 Å². The van der Waals surface area contributed by atoms with E-state index in [0.717, 1.165) is 18.4 Å². The second-order valence-corrected chi connectivity index (χ2v) is 9.09. The van der Waals surface area contributed by atoms with Crippen LogP contribution in [0.5, 0.6) is 0 Å². The van der Waals surface area contributed by atoms with Crippen LogP contribution in [0.2, 0.25) is 0 Å². The summed E-state index contributed by atoms with van der Waals surface area (Å²) in [5.41, 5.74) is 0.988. The van der Waals surface area contributed by atoms with Crippen LogP contribution in [0.15, 0.2) is 29.2 Å². The van der Waals surface area contributed by atoms with Gasteiger partial charge in [0.2, 0.25) is 0 Å². The van der Waals surface area contributed by atoms with Crippen LogP contribution in [0.3, 0.4) is 0 Å². The maximum Gasteiger partial charge on any atom is 0.303 e. The normalized spacial score (nSPS) is 26.0. The van der Waals surface area contributed by atoms with Gasteiger partial charge >= 0.3 is 5.97 Å². The van der Waals surface area contributed by atoms with Gasteiger partial charge in [0.1, 0.15) is 0 Å². The van der Waals surface area contributed by atoms with E-state index < -0.39 is 16.1 Å². The molecule has 1 aromatic carbocycles. The largest absolute Gasteiger partial charge is 0.481 e. The third-order valence-corrected chi connectivity index (χ3v) is 6.77. The number of carbonyl (C=O) groups is 1. The fraction of sp³-hybridized carbons (Fsp3) is 0.571. The predicted octanol–water partition coefficient (Wildman–Crippen LogP) is 3.14. The topological polar surface area (TPSA) is 89.9 Å². The van der Waals surface area contributed by atoms with Crippen molar-refractivity contribution in [2.24, 2.45) is 11.8 Å². The molecule has 2 aliphatic heterocycles. The number of benzene rings is 1. The molecule has 28 heavy (non-hydrogen) atoms. The third-order valence-electron chi connectivity index (χ3n) is 5.47. The van der Waals surface area contributed by atoms with Crippen molar-refractivity contribution in [2.45, 2.75) is 62.6 Å². The zero-order valence-corrected chi connectivity index (χ0v) is 16.8. The number of carboxylic acids is 1. The molecule has 2 bridgehead atoms. The van der Waals surface area contributed by atoms with Crippen LogP contribution in [-0.2, 0) is 23.8 Å². The Labute approximate surface area is 166 Å². The lowest BCUT2D eigenvalue weighted by molar-refractivity contribution is -0.137. The van der Waals surface area contributed by atoms with Gasteiger partial charge in [-0.05, 0) is 38.3 Å². The number of hydrogen-bond acceptors (Lipinski definition) is 5. The van der Waals surface area contributed by atoms with Crippen LogP contribution in [0, 0.1) is 30.6 Å². The monoisotopic (exact) mass is 406 g/mol. The minimum absolute atomic E-state index is 0.00675. The van der Waals surface area contributed by atoms with Gasteiger partial charge in [0, 0.05) is 31.1 Å². The van der Waals surface area contributed by atoms with E-state index >= 15 is 0 Å². The Hall–Kier alpha value is -1.88. The number of rotatable bonds is 8. The number of carboxylic acid groups (broad SMARTS) is 1. The molecule has 152 valence electrons. The molecule has 7 heteroatoms. The Balaban J connectivity index is 1.56. The Morgan fingerprint density at radius 1 is 1.18 bits per heavy atom. The number of hydrogen-bond donors (Lipinski definition) is 1. The zero-order chi connectivity index (χ0) is 20.1. The SMILES string of the molecule is Cc1ccc(S(=O)(=O)OC[C@@H]2[C@H](CC#CCCCC(=O)O)[C@H]3CC[C@H]2O3)cc1. The Bertz CT molecular complexity index is 849. The number of unbranched alkanes of at least 4 members (excludes halogenated alkanes) is 1. The van der Waals surface area contributed by atoms with Crippen molar-refractivity contribution in [3.8, 4) is 11.8 Å². The average Bonchev–Trinajstić information content (AvgIpc) is 3.24. The van der Waals surface area contributed by atoms with Crippen LogP contribution >= 0.6 is 0 Å². The van der Waals surface area contributed by atoms with E-state index in [1.807, 2.05) is 6.92 Å². The smallest absolute Gasteiger partial charge is 0.303 e. The molecule has 4 atom stereocenters. The maximum absolute atomic E-state index is 12.5. The highest BCUT2D eigenvalue weighted by Gasteiger charge is 2.48. The second kappa shape index (κ2) is 9.08. The molecule has 3 rings (SSSR count). The molecule has 0 amide bonds. The van der Waals surface area contributed by atoms with Gasteiger partial charge in [-0.2, -0.15) is 8.42 Å². The van der Waals surface area contributed by atoms with E-state index in [1.54, 1.807) is 24.3 Å². The molecule has 0 unspecified atom stereocenters. The Kier molecular flexibility index (Phi) is 6.76. The average molecular weight is 407 g/mol. The lowest BCUT2D eigenvalue weighted by Gasteiger charge is -2.26. The number of fused-ring (bicyclic) bond motifs is 2. The molecule has 1 N–H and O–H groups in total. The zero-order valence-electron chi connectivity index (χ0n) is 16.0. The molecule has 2 aliphatic rings. The van der Waals surface area contributed by atoms with Crippen molar-refractivity contribution >= 4 is 16.1 Å². The van der Waals surface area contributed by atoms with E-state index in [1.165, 1.54) is 0 Å². The molecule has 0 radical (unpaired) electrons. The predicted molar refractivity (Wildman–Crippen MR) is 103 cm³/mol. The summed E-state index contributed by atoms with van der Waals surface area (Å²) >= 11 is 0. The molecule has 2 fully saturated rings. The first-order chi connectivity index (χ1) is 13.4. The van der Waals surface area contributed by atoms with Crippen molar-refractivity contribution in [3.05, 3.63) is 29.8 Å². The van der Waals surface area contributed by atoms with Gasteiger partial charge in [0.15, 0.2) is 0 Å². The quantitative estimate of drug-likeness (QED) is 0.405. The van der Waals surface area contributed by atoms with Crippen LogP contribution in [-0.4, -0.2) is 38.3 Å². The minimum atomic E-state index is -3.79. The number of ether oxygens (including phenoxy) is 1. The van der Waals surface area contributed by atoms with Crippen LogP contribution < -0.4 is 0 Å². The first-order valence-corrected chi connectivity index (χ1v) is 11.1. The Morgan fingerprint density at radius 3 is 2.54 bits per heavy atom. The lowest BCUT2D eigenvalue weighted by atomic mass is 9.78. The highest BCUT2D eigenvalue weighted by Crippen LogP contribution is 2.45. The van der Waals surface area contributed by atoms with Gasteiger partial charge in [-0.15, -0.1) is 11.8 Å². The van der Waals surface area contributed by atoms with Gasteiger partial charge in [-0.3, -0.25) is 8.98 Å². The van der Waals surface area contributed by atoms with Gasteiger partial charge in [0.05, 0.1) is 23.7 Å². The van der Waals surface area contributed by atoms with Gasteiger partial charge in [-0.1, -0.05) is 17.7 Å². The molecule has 0 saturated carbocycles. The molecule has 2 saturated heterocycles. The summed E-state index contributed by atoms with van der Waals surface area (Å²) in [7, 11) is -3.79. The molecule has 0 aromatic heterocycles. The minimum Gasteiger partial charge on any atom is -0.481 e. The Morgan fingerprint density at radius 2 is 1.86 bits per heavy atom. The maximum atomic E-state index is 12.5. The summed E-state index contributed by atoms with van der Waals surface area (Å²) in [4.78, 5) is 10.7. The summed E-state index contributed by atoms with van der Waals surface area (Å²) in [5.74, 6) is 5.49. The van der Waals surface area contributed by atoms with Gasteiger partial charge < -0.3 is 9.84 Å². The van der Waals surface area contributed by atoms with Crippen molar-refractivity contribution < 1.29 is 27.2 Å². The first-order valence-electron chi connectivity index (χ1n) is 9.66. The fourth-order valence-electron chi connectivity index (χ4n) is 3.93. The highest BCUT2D eigenvalue weighted by atomic mass is 32.2. The third kappa shape index (κ3) is 5.13. The van der Waals surface area contributed by atoms with E-state index in [9.17, 15) is 13.2 Å². The van der Waals surface area contributed by atoms with Crippen LogP contribution in [0.1, 0.15) is 44.1 Å². The van der Waals surface area contributed by atoms with Crippen molar-refractivity contribution in [1.82, 2.24) is 0 Å². The summed E-state index contributed by atoms with van der Waals surface area (Å²) in [6.07, 6.45) is 3.86. The van der Waals surface area contributed by atoms with Crippen molar-refractivity contribution in [2.75, 3.05) is 6.61 Å². The molecule has 1 aromatic rings. The first kappa shape index (κ1) is 20.8.